The zero-order valence-corrected chi connectivity index (χ0v) is 24.1. The topological polar surface area (TPSA) is 94.0 Å². The molecule has 2 fully saturated rings. The molecular formula is C32H33F3N4O4. The number of hydrogen-bond donors (Lipinski definition) is 0. The zero-order valence-electron chi connectivity index (χ0n) is 24.1. The highest BCUT2D eigenvalue weighted by Crippen LogP contribution is 2.44. The number of amides is 2. The minimum atomic E-state index is -4.65. The fraction of sp³-hybridized carbons (Fsp3) is 0.438. The van der Waals surface area contributed by atoms with E-state index in [0.29, 0.717) is 37.3 Å². The summed E-state index contributed by atoms with van der Waals surface area (Å²) in [5.41, 5.74) is 0.166. The first-order valence-electron chi connectivity index (χ1n) is 14.4. The van der Waals surface area contributed by atoms with E-state index in [1.54, 1.807) is 29.2 Å². The van der Waals surface area contributed by atoms with Gasteiger partial charge in [-0.2, -0.15) is 18.4 Å². The molecule has 0 radical (unpaired) electrons. The molecule has 8 nitrogen and oxygen atoms in total. The van der Waals surface area contributed by atoms with Crippen LogP contribution in [0.4, 0.5) is 18.9 Å². The van der Waals surface area contributed by atoms with Gasteiger partial charge >= 0.3 is 6.18 Å². The van der Waals surface area contributed by atoms with E-state index in [0.717, 1.165) is 43.0 Å². The van der Waals surface area contributed by atoms with E-state index in [2.05, 4.69) is 4.90 Å². The first-order valence-corrected chi connectivity index (χ1v) is 14.4. The molecule has 2 aromatic rings. The molecule has 0 saturated carbocycles. The lowest BCUT2D eigenvalue weighted by atomic mass is 9.73. The first-order chi connectivity index (χ1) is 20.5. The van der Waals surface area contributed by atoms with Crippen LogP contribution < -0.4 is 4.90 Å². The number of allylic oxidation sites excluding steroid dienone is 2. The van der Waals surface area contributed by atoms with Crippen LogP contribution in [-0.4, -0.2) is 72.8 Å². The Morgan fingerprint density at radius 2 is 1.77 bits per heavy atom. The molecule has 2 saturated heterocycles. The highest BCUT2D eigenvalue weighted by Gasteiger charge is 2.49. The maximum absolute atomic E-state index is 14.3. The van der Waals surface area contributed by atoms with Gasteiger partial charge in [-0.3, -0.25) is 24.2 Å². The Morgan fingerprint density at radius 3 is 2.35 bits per heavy atom. The van der Waals surface area contributed by atoms with Crippen molar-refractivity contribution >= 4 is 23.3 Å². The predicted molar refractivity (Wildman–Crippen MR) is 152 cm³/mol. The van der Waals surface area contributed by atoms with Crippen molar-refractivity contribution in [1.29, 1.82) is 5.26 Å². The summed E-state index contributed by atoms with van der Waals surface area (Å²) in [6.45, 7) is 6.22. The van der Waals surface area contributed by atoms with Crippen LogP contribution in [-0.2, 0) is 25.3 Å². The Bertz CT molecular complexity index is 1470. The summed E-state index contributed by atoms with van der Waals surface area (Å²) in [6.07, 6.45) is -2.47. The summed E-state index contributed by atoms with van der Waals surface area (Å²) in [5.74, 6) is -3.97. The average molecular weight is 595 g/mol. The molecule has 2 aromatic carbocycles. The predicted octanol–water partition coefficient (Wildman–Crippen LogP) is 4.51. The van der Waals surface area contributed by atoms with Gasteiger partial charge < -0.3 is 9.64 Å². The molecule has 43 heavy (non-hydrogen) atoms. The SMILES string of the molecule is CC(=O)C1=C(C)N(c2cccc(C(F)(F)F)c2)C(=O)C(C(=O)N2CCN(CC3CCCO3)CC2)C1c1ccc(C#N)cc1. The molecule has 11 heteroatoms. The molecule has 0 spiro atoms. The fourth-order valence-electron chi connectivity index (χ4n) is 6.37. The number of rotatable bonds is 6. The van der Waals surface area contributed by atoms with Crippen LogP contribution in [0.3, 0.4) is 0 Å². The number of alkyl halides is 3. The van der Waals surface area contributed by atoms with Gasteiger partial charge in [0, 0.05) is 62.2 Å². The molecule has 3 unspecified atom stereocenters. The normalized spacial score (nSPS) is 23.4. The lowest BCUT2D eigenvalue weighted by Gasteiger charge is -2.43. The molecule has 3 atom stereocenters. The highest BCUT2D eigenvalue weighted by atomic mass is 19.4. The molecule has 0 aliphatic carbocycles. The smallest absolute Gasteiger partial charge is 0.377 e. The molecule has 5 rings (SSSR count). The number of carbonyl (C=O) groups is 3. The molecule has 2 amide bonds. The summed E-state index contributed by atoms with van der Waals surface area (Å²) >= 11 is 0. The van der Waals surface area contributed by atoms with Gasteiger partial charge in [0.05, 0.1) is 23.3 Å². The molecular weight excluding hydrogens is 561 g/mol. The molecule has 0 aromatic heterocycles. The van der Waals surface area contributed by atoms with Crippen molar-refractivity contribution < 1.29 is 32.3 Å². The number of benzene rings is 2. The van der Waals surface area contributed by atoms with E-state index in [-0.39, 0.29) is 23.1 Å². The van der Waals surface area contributed by atoms with Crippen molar-refractivity contribution in [2.24, 2.45) is 5.92 Å². The van der Waals surface area contributed by atoms with Gasteiger partial charge in [0.25, 0.3) is 0 Å². The second-order valence-electron chi connectivity index (χ2n) is 11.2. The summed E-state index contributed by atoms with van der Waals surface area (Å²) < 4.78 is 46.6. The summed E-state index contributed by atoms with van der Waals surface area (Å²) in [4.78, 5) is 46.7. The monoisotopic (exact) mass is 594 g/mol. The molecule has 3 aliphatic heterocycles. The largest absolute Gasteiger partial charge is 0.416 e. The molecule has 3 aliphatic rings. The summed E-state index contributed by atoms with van der Waals surface area (Å²) in [6, 6.07) is 12.7. The van der Waals surface area contributed by atoms with Gasteiger partial charge in [-0.15, -0.1) is 0 Å². The van der Waals surface area contributed by atoms with Gasteiger partial charge in [-0.1, -0.05) is 18.2 Å². The number of ether oxygens (including phenoxy) is 1. The molecule has 0 N–H and O–H groups in total. The van der Waals surface area contributed by atoms with Crippen LogP contribution in [0.5, 0.6) is 0 Å². The summed E-state index contributed by atoms with van der Waals surface area (Å²) in [5, 5.41) is 9.30. The van der Waals surface area contributed by atoms with Crippen molar-refractivity contribution in [2.75, 3.05) is 44.2 Å². The Labute approximate surface area is 248 Å². The second kappa shape index (κ2) is 12.3. The van der Waals surface area contributed by atoms with Gasteiger partial charge in [-0.25, -0.2) is 0 Å². The standard InChI is InChI=1S/C32H33F3N4O4/c1-20-27(21(2)40)28(23-10-8-22(18-36)9-11-23)29(31(42)39(20)25-6-3-5-24(17-25)32(33,34)35)30(41)38-14-12-37(13-15-38)19-26-7-4-16-43-26/h3,5-6,8-11,17,26,28-29H,4,7,12-16,19H2,1-2H3. The van der Waals surface area contributed by atoms with E-state index in [1.165, 1.54) is 26.0 Å². The Balaban J connectivity index is 1.54. The third kappa shape index (κ3) is 6.21. The number of nitrogens with zero attached hydrogens (tertiary/aromatic N) is 4. The van der Waals surface area contributed by atoms with Crippen LogP contribution in [0.25, 0.3) is 0 Å². The highest BCUT2D eigenvalue weighted by molar-refractivity contribution is 6.15. The summed E-state index contributed by atoms with van der Waals surface area (Å²) in [7, 11) is 0. The van der Waals surface area contributed by atoms with Crippen LogP contribution in [0, 0.1) is 17.2 Å². The van der Waals surface area contributed by atoms with Crippen LogP contribution in [0.1, 0.15) is 49.3 Å². The Kier molecular flexibility index (Phi) is 8.71. The average Bonchev–Trinajstić information content (AvgIpc) is 3.49. The van der Waals surface area contributed by atoms with Crippen LogP contribution >= 0.6 is 0 Å². The number of Topliss-reactive ketones (excluding diaryl/α,β-unsaturated/α-hetero) is 1. The van der Waals surface area contributed by atoms with Crippen molar-refractivity contribution in [3.05, 3.63) is 76.5 Å². The number of anilines is 1. The maximum Gasteiger partial charge on any atom is 0.416 e. The van der Waals surface area contributed by atoms with Crippen molar-refractivity contribution in [2.45, 2.75) is 44.9 Å². The number of nitriles is 1. The number of halogens is 3. The maximum atomic E-state index is 14.3. The molecule has 3 heterocycles. The van der Waals surface area contributed by atoms with E-state index >= 15 is 0 Å². The third-order valence-corrected chi connectivity index (χ3v) is 8.50. The minimum Gasteiger partial charge on any atom is -0.377 e. The molecule has 226 valence electrons. The number of carbonyl (C=O) groups excluding carboxylic acids is 3. The minimum absolute atomic E-state index is 0.0754. The first kappa shape index (κ1) is 30.4. The number of hydrogen-bond acceptors (Lipinski definition) is 6. The number of ketones is 1. The van der Waals surface area contributed by atoms with Crippen LogP contribution in [0.15, 0.2) is 59.8 Å². The van der Waals surface area contributed by atoms with Crippen molar-refractivity contribution in [3.63, 3.8) is 0 Å². The van der Waals surface area contributed by atoms with E-state index in [9.17, 15) is 32.8 Å². The lowest BCUT2D eigenvalue weighted by Crippen LogP contribution is -2.56. The van der Waals surface area contributed by atoms with Gasteiger partial charge in [0.2, 0.25) is 11.8 Å². The van der Waals surface area contributed by atoms with Gasteiger partial charge in [-0.05, 0) is 62.6 Å². The van der Waals surface area contributed by atoms with Gasteiger partial charge in [0.1, 0.15) is 5.92 Å². The molecule has 0 bridgehead atoms. The fourth-order valence-corrected chi connectivity index (χ4v) is 6.37. The zero-order chi connectivity index (χ0) is 30.9. The number of piperazine rings is 1. The Hall–Kier alpha value is -4.01. The van der Waals surface area contributed by atoms with E-state index < -0.39 is 41.2 Å². The van der Waals surface area contributed by atoms with Crippen LogP contribution in [0.2, 0.25) is 0 Å². The third-order valence-electron chi connectivity index (χ3n) is 8.50. The van der Waals surface area contributed by atoms with Gasteiger partial charge in [0.15, 0.2) is 5.78 Å². The Morgan fingerprint density at radius 1 is 1.07 bits per heavy atom. The quantitative estimate of drug-likeness (QED) is 0.457. The lowest BCUT2D eigenvalue weighted by molar-refractivity contribution is -0.144. The van der Waals surface area contributed by atoms with Crippen molar-refractivity contribution in [1.82, 2.24) is 9.80 Å². The van der Waals surface area contributed by atoms with E-state index in [1.807, 2.05) is 6.07 Å². The second-order valence-corrected chi connectivity index (χ2v) is 11.2. The van der Waals surface area contributed by atoms with Crippen molar-refractivity contribution in [3.8, 4) is 6.07 Å². The van der Waals surface area contributed by atoms with E-state index in [4.69, 9.17) is 4.74 Å².